The Hall–Kier alpha value is -1.90. The van der Waals surface area contributed by atoms with Gasteiger partial charge in [-0.3, -0.25) is 4.98 Å². The van der Waals surface area contributed by atoms with Gasteiger partial charge in [-0.2, -0.15) is 0 Å². The topological polar surface area (TPSA) is 37.8 Å². The largest absolute Gasteiger partial charge is 0.370 e. The highest BCUT2D eigenvalue weighted by atomic mass is 15.0. The van der Waals surface area contributed by atoms with Crippen LogP contribution in [0.25, 0.3) is 0 Å². The number of aryl methyl sites for hydroxylation is 1. The van der Waals surface area contributed by atoms with Crippen molar-refractivity contribution in [2.75, 3.05) is 11.9 Å². The van der Waals surface area contributed by atoms with E-state index in [1.807, 2.05) is 24.4 Å². The number of pyridine rings is 2. The molecule has 2 heterocycles. The predicted octanol–water partition coefficient (Wildman–Crippen LogP) is 3.45. The summed E-state index contributed by atoms with van der Waals surface area (Å²) in [7, 11) is 0. The molecular formula is C16H21N3. The van der Waals surface area contributed by atoms with Gasteiger partial charge in [-0.1, -0.05) is 26.0 Å². The summed E-state index contributed by atoms with van der Waals surface area (Å²) in [4.78, 5) is 9.07. The summed E-state index contributed by atoms with van der Waals surface area (Å²) in [6.45, 7) is 5.25. The van der Waals surface area contributed by atoms with Crippen LogP contribution in [0.3, 0.4) is 0 Å². The second kappa shape index (κ2) is 6.88. The number of anilines is 1. The Morgan fingerprint density at radius 3 is 2.63 bits per heavy atom. The number of rotatable bonds is 6. The van der Waals surface area contributed by atoms with Crippen molar-refractivity contribution in [1.29, 1.82) is 0 Å². The minimum Gasteiger partial charge on any atom is -0.370 e. The van der Waals surface area contributed by atoms with Crippen LogP contribution in [0.15, 0.2) is 36.5 Å². The van der Waals surface area contributed by atoms with Gasteiger partial charge in [0.1, 0.15) is 5.82 Å². The molecule has 3 nitrogen and oxygen atoms in total. The Morgan fingerprint density at radius 1 is 1.05 bits per heavy atom. The zero-order chi connectivity index (χ0) is 13.5. The number of nitrogens with zero attached hydrogens (tertiary/aromatic N) is 2. The summed E-state index contributed by atoms with van der Waals surface area (Å²) in [6.07, 6.45) is 4.87. The highest BCUT2D eigenvalue weighted by Gasteiger charge is 2.01. The second-order valence-electron chi connectivity index (χ2n) is 4.63. The Morgan fingerprint density at radius 2 is 1.95 bits per heavy atom. The van der Waals surface area contributed by atoms with Crippen LogP contribution < -0.4 is 5.32 Å². The van der Waals surface area contributed by atoms with Crippen molar-refractivity contribution >= 4 is 5.82 Å². The van der Waals surface area contributed by atoms with E-state index in [1.165, 1.54) is 5.56 Å². The maximum Gasteiger partial charge on any atom is 0.126 e. The van der Waals surface area contributed by atoms with E-state index in [2.05, 4.69) is 41.3 Å². The van der Waals surface area contributed by atoms with Gasteiger partial charge in [-0.15, -0.1) is 0 Å². The first-order valence-corrected chi connectivity index (χ1v) is 6.95. The predicted molar refractivity (Wildman–Crippen MR) is 79.4 cm³/mol. The van der Waals surface area contributed by atoms with E-state index in [1.54, 1.807) is 0 Å². The van der Waals surface area contributed by atoms with E-state index in [9.17, 15) is 0 Å². The zero-order valence-corrected chi connectivity index (χ0v) is 11.7. The lowest BCUT2D eigenvalue weighted by atomic mass is 10.1. The fraction of sp³-hybridized carbons (Fsp3) is 0.375. The first kappa shape index (κ1) is 13.5. The van der Waals surface area contributed by atoms with Crippen LogP contribution in [0.2, 0.25) is 0 Å². The lowest BCUT2D eigenvalue weighted by Crippen LogP contribution is -2.03. The molecule has 19 heavy (non-hydrogen) atoms. The molecule has 0 saturated carbocycles. The van der Waals surface area contributed by atoms with E-state index in [0.29, 0.717) is 0 Å². The molecular weight excluding hydrogens is 234 g/mol. The van der Waals surface area contributed by atoms with Crippen LogP contribution in [0, 0.1) is 0 Å². The fourth-order valence-electron chi connectivity index (χ4n) is 1.88. The highest BCUT2D eigenvalue weighted by Crippen LogP contribution is 2.10. The lowest BCUT2D eigenvalue weighted by molar-refractivity contribution is 0.951. The first-order chi connectivity index (χ1) is 9.31. The monoisotopic (exact) mass is 255 g/mol. The molecule has 0 bridgehead atoms. The fourth-order valence-corrected chi connectivity index (χ4v) is 1.88. The van der Waals surface area contributed by atoms with E-state index in [-0.39, 0.29) is 0 Å². The van der Waals surface area contributed by atoms with Crippen LogP contribution in [-0.4, -0.2) is 16.5 Å². The molecule has 0 fully saturated rings. The third kappa shape index (κ3) is 4.05. The SMILES string of the molecule is CCCNc1cccc(Cc2ccc(CC)cn2)n1. The van der Waals surface area contributed by atoms with Crippen LogP contribution >= 0.6 is 0 Å². The minimum absolute atomic E-state index is 0.783. The molecule has 1 N–H and O–H groups in total. The van der Waals surface area contributed by atoms with Crippen LogP contribution in [0.1, 0.15) is 37.2 Å². The van der Waals surface area contributed by atoms with Gasteiger partial charge in [0.2, 0.25) is 0 Å². The molecule has 0 aliphatic heterocycles. The van der Waals surface area contributed by atoms with Crippen LogP contribution in [0.5, 0.6) is 0 Å². The molecule has 0 saturated heterocycles. The van der Waals surface area contributed by atoms with Crippen molar-refractivity contribution < 1.29 is 0 Å². The molecule has 3 heteroatoms. The summed E-state index contributed by atoms with van der Waals surface area (Å²) >= 11 is 0. The summed E-state index contributed by atoms with van der Waals surface area (Å²) in [5.74, 6) is 0.949. The average molecular weight is 255 g/mol. The first-order valence-electron chi connectivity index (χ1n) is 6.95. The van der Waals surface area contributed by atoms with E-state index >= 15 is 0 Å². The molecule has 2 aromatic heterocycles. The number of hydrogen-bond donors (Lipinski definition) is 1. The van der Waals surface area contributed by atoms with Crippen molar-refractivity contribution in [3.05, 3.63) is 53.5 Å². The number of aromatic nitrogens is 2. The molecule has 2 rings (SSSR count). The van der Waals surface area contributed by atoms with E-state index in [0.717, 1.165) is 43.0 Å². The molecule has 2 aromatic rings. The molecule has 0 amide bonds. The third-order valence-corrected chi connectivity index (χ3v) is 3.02. The summed E-state index contributed by atoms with van der Waals surface area (Å²) in [5, 5.41) is 3.31. The lowest BCUT2D eigenvalue weighted by Gasteiger charge is -2.06. The second-order valence-corrected chi connectivity index (χ2v) is 4.63. The van der Waals surface area contributed by atoms with Gasteiger partial charge in [0.25, 0.3) is 0 Å². The standard InChI is InChI=1S/C16H21N3/c1-3-10-17-16-7-5-6-15(19-16)11-14-9-8-13(4-2)12-18-14/h5-9,12H,3-4,10-11H2,1-2H3,(H,17,19). The van der Waals surface area contributed by atoms with Gasteiger partial charge in [0.15, 0.2) is 0 Å². The van der Waals surface area contributed by atoms with Gasteiger partial charge < -0.3 is 5.32 Å². The number of nitrogens with one attached hydrogen (secondary N) is 1. The normalized spacial score (nSPS) is 10.4. The van der Waals surface area contributed by atoms with Crippen molar-refractivity contribution in [3.8, 4) is 0 Å². The molecule has 0 spiro atoms. The van der Waals surface area contributed by atoms with Gasteiger partial charge in [-0.05, 0) is 36.6 Å². The molecule has 0 aliphatic carbocycles. The summed E-state index contributed by atoms with van der Waals surface area (Å²) < 4.78 is 0. The molecule has 0 atom stereocenters. The van der Waals surface area contributed by atoms with Gasteiger partial charge in [0.05, 0.1) is 0 Å². The van der Waals surface area contributed by atoms with Crippen molar-refractivity contribution in [2.45, 2.75) is 33.1 Å². The van der Waals surface area contributed by atoms with Gasteiger partial charge >= 0.3 is 0 Å². The highest BCUT2D eigenvalue weighted by molar-refractivity contribution is 5.36. The molecule has 0 aliphatic rings. The zero-order valence-electron chi connectivity index (χ0n) is 11.7. The number of hydrogen-bond acceptors (Lipinski definition) is 3. The van der Waals surface area contributed by atoms with Crippen molar-refractivity contribution in [3.63, 3.8) is 0 Å². The maximum atomic E-state index is 4.60. The third-order valence-electron chi connectivity index (χ3n) is 3.02. The van der Waals surface area contributed by atoms with Crippen LogP contribution in [0.4, 0.5) is 5.82 Å². The molecule has 0 radical (unpaired) electrons. The average Bonchev–Trinajstić information content (AvgIpc) is 2.46. The summed E-state index contributed by atoms with van der Waals surface area (Å²) in [6, 6.07) is 10.3. The Bertz CT molecular complexity index is 506. The minimum atomic E-state index is 0.783. The molecule has 100 valence electrons. The quantitative estimate of drug-likeness (QED) is 0.859. The summed E-state index contributed by atoms with van der Waals surface area (Å²) in [5.41, 5.74) is 3.39. The van der Waals surface area contributed by atoms with E-state index in [4.69, 9.17) is 0 Å². The van der Waals surface area contributed by atoms with Crippen molar-refractivity contribution in [2.24, 2.45) is 0 Å². The van der Waals surface area contributed by atoms with Crippen molar-refractivity contribution in [1.82, 2.24) is 9.97 Å². The Balaban J connectivity index is 2.05. The van der Waals surface area contributed by atoms with Crippen LogP contribution in [-0.2, 0) is 12.8 Å². The Labute approximate surface area is 115 Å². The Kier molecular flexibility index (Phi) is 4.90. The molecule has 0 aromatic carbocycles. The van der Waals surface area contributed by atoms with Gasteiger partial charge in [-0.25, -0.2) is 4.98 Å². The van der Waals surface area contributed by atoms with Gasteiger partial charge in [0, 0.05) is 30.6 Å². The van der Waals surface area contributed by atoms with E-state index < -0.39 is 0 Å². The smallest absolute Gasteiger partial charge is 0.126 e. The maximum absolute atomic E-state index is 4.60. The molecule has 0 unspecified atom stereocenters.